The van der Waals surface area contributed by atoms with Crippen molar-refractivity contribution in [2.75, 3.05) is 0 Å². The molecule has 2 heterocycles. The predicted octanol–water partition coefficient (Wildman–Crippen LogP) is 3.76. The lowest BCUT2D eigenvalue weighted by molar-refractivity contribution is 0.0952. The van der Waals surface area contributed by atoms with Crippen LogP contribution in [0.1, 0.15) is 46.6 Å². The molecule has 0 fully saturated rings. The molecule has 0 atom stereocenters. The first-order valence-electron chi connectivity index (χ1n) is 8.63. The number of aromatic nitrogens is 2. The summed E-state index contributed by atoms with van der Waals surface area (Å²) in [4.78, 5) is 20.4. The van der Waals surface area contributed by atoms with Crippen molar-refractivity contribution in [3.05, 3.63) is 65.1 Å². The Labute approximate surface area is 141 Å². The number of pyridine rings is 1. The molecule has 0 aliphatic heterocycles. The van der Waals surface area contributed by atoms with Gasteiger partial charge in [0.15, 0.2) is 0 Å². The van der Waals surface area contributed by atoms with Crippen molar-refractivity contribution in [3.8, 4) is 0 Å². The number of H-pyrrole nitrogens is 1. The van der Waals surface area contributed by atoms with Crippen molar-refractivity contribution in [1.29, 1.82) is 0 Å². The van der Waals surface area contributed by atoms with Crippen molar-refractivity contribution >= 4 is 16.8 Å². The van der Waals surface area contributed by atoms with E-state index in [2.05, 4.69) is 21.4 Å². The molecular weight excluding hydrogens is 298 g/mol. The van der Waals surface area contributed by atoms with Gasteiger partial charge < -0.3 is 10.3 Å². The SMILES string of the molecule is O=C(NCc1ccccn1)c1cccc2c3c([nH]c12)CCCCC3. The minimum atomic E-state index is -0.0531. The van der Waals surface area contributed by atoms with Crippen LogP contribution in [0.3, 0.4) is 0 Å². The molecule has 0 radical (unpaired) electrons. The van der Waals surface area contributed by atoms with Crippen LogP contribution in [0.5, 0.6) is 0 Å². The summed E-state index contributed by atoms with van der Waals surface area (Å²) in [5, 5.41) is 4.18. The molecule has 1 amide bonds. The molecule has 1 aliphatic carbocycles. The van der Waals surface area contributed by atoms with E-state index in [0.29, 0.717) is 6.54 Å². The zero-order valence-electron chi connectivity index (χ0n) is 13.6. The lowest BCUT2D eigenvalue weighted by Crippen LogP contribution is -2.23. The van der Waals surface area contributed by atoms with Crippen LogP contribution in [0.25, 0.3) is 10.9 Å². The Morgan fingerprint density at radius 3 is 2.88 bits per heavy atom. The van der Waals surface area contributed by atoms with E-state index >= 15 is 0 Å². The Hall–Kier alpha value is -2.62. The molecule has 0 saturated heterocycles. The highest BCUT2D eigenvalue weighted by Gasteiger charge is 2.18. The van der Waals surface area contributed by atoms with Gasteiger partial charge in [-0.3, -0.25) is 9.78 Å². The number of nitrogens with one attached hydrogen (secondary N) is 2. The van der Waals surface area contributed by atoms with Gasteiger partial charge in [-0.2, -0.15) is 0 Å². The number of aromatic amines is 1. The van der Waals surface area contributed by atoms with E-state index in [1.54, 1.807) is 6.20 Å². The number of carbonyl (C=O) groups excluding carboxylic acids is 1. The fourth-order valence-corrected chi connectivity index (χ4v) is 3.56. The number of amides is 1. The van der Waals surface area contributed by atoms with Crippen LogP contribution in [0.15, 0.2) is 42.6 Å². The summed E-state index contributed by atoms with van der Waals surface area (Å²) in [6, 6.07) is 11.7. The first-order chi connectivity index (χ1) is 11.8. The second-order valence-electron chi connectivity index (χ2n) is 6.37. The summed E-state index contributed by atoms with van der Waals surface area (Å²) >= 11 is 0. The topological polar surface area (TPSA) is 57.8 Å². The summed E-state index contributed by atoms with van der Waals surface area (Å²) in [5.41, 5.74) is 5.27. The fourth-order valence-electron chi connectivity index (χ4n) is 3.56. The molecule has 1 aliphatic rings. The van der Waals surface area contributed by atoms with Gasteiger partial charge in [0.2, 0.25) is 0 Å². The molecule has 4 heteroatoms. The summed E-state index contributed by atoms with van der Waals surface area (Å²) in [6.07, 6.45) is 7.67. The third kappa shape index (κ3) is 2.80. The maximum atomic E-state index is 12.7. The molecular formula is C20H21N3O. The summed E-state index contributed by atoms with van der Waals surface area (Å²) in [6.45, 7) is 0.441. The van der Waals surface area contributed by atoms with Crippen LogP contribution in [0, 0.1) is 0 Å². The molecule has 0 bridgehead atoms. The number of para-hydroxylation sites is 1. The molecule has 0 saturated carbocycles. The number of nitrogens with zero attached hydrogens (tertiary/aromatic N) is 1. The third-order valence-corrected chi connectivity index (χ3v) is 4.78. The maximum absolute atomic E-state index is 12.7. The van der Waals surface area contributed by atoms with E-state index in [4.69, 9.17) is 0 Å². The second-order valence-corrected chi connectivity index (χ2v) is 6.37. The quantitative estimate of drug-likeness (QED) is 0.722. The molecule has 0 spiro atoms. The van der Waals surface area contributed by atoms with Crippen LogP contribution in [-0.2, 0) is 19.4 Å². The lowest BCUT2D eigenvalue weighted by Gasteiger charge is -2.06. The molecule has 24 heavy (non-hydrogen) atoms. The Bertz CT molecular complexity index is 867. The molecule has 2 N–H and O–H groups in total. The van der Waals surface area contributed by atoms with E-state index < -0.39 is 0 Å². The van der Waals surface area contributed by atoms with Crippen molar-refractivity contribution in [1.82, 2.24) is 15.3 Å². The first-order valence-corrected chi connectivity index (χ1v) is 8.63. The smallest absolute Gasteiger partial charge is 0.253 e. The number of carbonyl (C=O) groups is 1. The monoisotopic (exact) mass is 319 g/mol. The third-order valence-electron chi connectivity index (χ3n) is 4.78. The predicted molar refractivity (Wildman–Crippen MR) is 95.0 cm³/mol. The maximum Gasteiger partial charge on any atom is 0.253 e. The van der Waals surface area contributed by atoms with Gasteiger partial charge in [-0.15, -0.1) is 0 Å². The summed E-state index contributed by atoms with van der Waals surface area (Å²) in [7, 11) is 0. The Balaban J connectivity index is 1.63. The van der Waals surface area contributed by atoms with E-state index in [-0.39, 0.29) is 5.91 Å². The van der Waals surface area contributed by atoms with Crippen LogP contribution in [0.2, 0.25) is 0 Å². The van der Waals surface area contributed by atoms with Crippen molar-refractivity contribution in [3.63, 3.8) is 0 Å². The Morgan fingerprint density at radius 1 is 1.08 bits per heavy atom. The van der Waals surface area contributed by atoms with Gasteiger partial charge in [-0.25, -0.2) is 0 Å². The van der Waals surface area contributed by atoms with Gasteiger partial charge >= 0.3 is 0 Å². The van der Waals surface area contributed by atoms with Crippen molar-refractivity contribution in [2.24, 2.45) is 0 Å². The highest BCUT2D eigenvalue weighted by Crippen LogP contribution is 2.30. The zero-order valence-corrected chi connectivity index (χ0v) is 13.6. The Morgan fingerprint density at radius 2 is 2.00 bits per heavy atom. The molecule has 0 unspecified atom stereocenters. The standard InChI is InChI=1S/C20H21N3O/c24-20(22-13-14-7-4-5-12-21-14)17-10-6-9-16-15-8-2-1-3-11-18(15)23-19(16)17/h4-7,9-10,12,23H,1-3,8,11,13H2,(H,22,24). The van der Waals surface area contributed by atoms with Gasteiger partial charge in [0.25, 0.3) is 5.91 Å². The number of hydrogen-bond acceptors (Lipinski definition) is 2. The van der Waals surface area contributed by atoms with Crippen LogP contribution in [-0.4, -0.2) is 15.9 Å². The van der Waals surface area contributed by atoms with Crippen molar-refractivity contribution < 1.29 is 4.79 Å². The van der Waals surface area contributed by atoms with Crippen molar-refractivity contribution in [2.45, 2.75) is 38.6 Å². The number of hydrogen-bond donors (Lipinski definition) is 2. The van der Waals surface area contributed by atoms with E-state index in [9.17, 15) is 4.79 Å². The lowest BCUT2D eigenvalue weighted by atomic mass is 10.0. The molecule has 3 aromatic rings. The van der Waals surface area contributed by atoms with Gasteiger partial charge in [-0.05, 0) is 49.4 Å². The van der Waals surface area contributed by atoms with Gasteiger partial charge in [-0.1, -0.05) is 24.6 Å². The largest absolute Gasteiger partial charge is 0.358 e. The number of fused-ring (bicyclic) bond motifs is 3. The molecule has 4 rings (SSSR count). The first kappa shape index (κ1) is 14.9. The number of rotatable bonds is 3. The number of benzene rings is 1. The second kappa shape index (κ2) is 6.48. The molecule has 2 aromatic heterocycles. The van der Waals surface area contributed by atoms with Crippen LogP contribution in [0.4, 0.5) is 0 Å². The van der Waals surface area contributed by atoms with E-state index in [0.717, 1.165) is 29.6 Å². The van der Waals surface area contributed by atoms with Gasteiger partial charge in [0, 0.05) is 17.3 Å². The molecule has 122 valence electrons. The normalized spacial score (nSPS) is 14.2. The fraction of sp³-hybridized carbons (Fsp3) is 0.300. The molecule has 4 nitrogen and oxygen atoms in total. The minimum Gasteiger partial charge on any atom is -0.358 e. The number of aryl methyl sites for hydroxylation is 2. The average molecular weight is 319 g/mol. The van der Waals surface area contributed by atoms with Crippen LogP contribution >= 0.6 is 0 Å². The van der Waals surface area contributed by atoms with Crippen LogP contribution < -0.4 is 5.32 Å². The highest BCUT2D eigenvalue weighted by atomic mass is 16.1. The van der Waals surface area contributed by atoms with E-state index in [1.807, 2.05) is 30.3 Å². The Kier molecular flexibility index (Phi) is 4.03. The van der Waals surface area contributed by atoms with E-state index in [1.165, 1.54) is 35.9 Å². The summed E-state index contributed by atoms with van der Waals surface area (Å²) in [5.74, 6) is -0.0531. The van der Waals surface area contributed by atoms with Gasteiger partial charge in [0.1, 0.15) is 0 Å². The zero-order chi connectivity index (χ0) is 16.4. The minimum absolute atomic E-state index is 0.0531. The van der Waals surface area contributed by atoms with Gasteiger partial charge in [0.05, 0.1) is 23.3 Å². The highest BCUT2D eigenvalue weighted by molar-refractivity contribution is 6.06. The average Bonchev–Trinajstić information content (AvgIpc) is 2.82. The summed E-state index contributed by atoms with van der Waals surface area (Å²) < 4.78 is 0. The molecule has 1 aromatic carbocycles.